The molecule has 522 valence electrons. The number of aliphatic hydroxyl groups is 1. The van der Waals surface area contributed by atoms with E-state index in [4.69, 9.17) is 37.0 Å². The average Bonchev–Trinajstić information content (AvgIpc) is 3.57. The molecule has 0 amide bonds. The molecule has 3 unspecified atom stereocenters. The summed E-state index contributed by atoms with van der Waals surface area (Å²) in [5.41, 5.74) is 0. The molecule has 17 nitrogen and oxygen atoms in total. The third kappa shape index (κ3) is 61.6. The Morgan fingerprint density at radius 1 is 0.330 bits per heavy atom. The number of carbonyl (C=O) groups excluding carboxylic acids is 4. The first-order valence-electron chi connectivity index (χ1n) is 35.9. The lowest BCUT2D eigenvalue weighted by Crippen LogP contribution is -2.30. The summed E-state index contributed by atoms with van der Waals surface area (Å²) < 4.78 is 68.2. The predicted octanol–water partition coefficient (Wildman–Crippen LogP) is 19.5. The fourth-order valence-electron chi connectivity index (χ4n) is 10.3. The van der Waals surface area contributed by atoms with Gasteiger partial charge in [-0.05, 0) is 43.4 Å². The molecule has 0 bridgehead atoms. The van der Waals surface area contributed by atoms with Crippen molar-refractivity contribution in [1.82, 2.24) is 0 Å². The Morgan fingerprint density at radius 2 is 0.580 bits per heavy atom. The number of unbranched alkanes of at least 4 members (excludes halogenated alkanes) is 34. The fourth-order valence-corrected chi connectivity index (χ4v) is 11.9. The topological polar surface area (TPSA) is 237 Å². The number of hydrogen-bond acceptors (Lipinski definition) is 15. The minimum absolute atomic E-state index is 0.105. The minimum atomic E-state index is -4.95. The molecule has 0 radical (unpaired) electrons. The lowest BCUT2D eigenvalue weighted by atomic mass is 9.99. The predicted molar refractivity (Wildman–Crippen MR) is 354 cm³/mol. The van der Waals surface area contributed by atoms with Crippen LogP contribution in [0.2, 0.25) is 0 Å². The van der Waals surface area contributed by atoms with Gasteiger partial charge in [0.2, 0.25) is 0 Å². The molecule has 0 aromatic heterocycles. The quantitative estimate of drug-likeness (QED) is 0.0222. The van der Waals surface area contributed by atoms with Crippen molar-refractivity contribution < 1.29 is 80.2 Å². The van der Waals surface area contributed by atoms with Crippen molar-refractivity contribution in [3.05, 3.63) is 0 Å². The SMILES string of the molecule is CCCCCCCCCCCC(=O)OC[C@H](COP(=O)(O)OC[C@H](O)COP(=O)(O)OC[C@@H](COC(=O)CCCCCCCCCCCCC(C)C)OC(=O)CCCCCCCCCCCCC(C)CC)OC(=O)CCCCCCCCCCCC(C)C. The molecule has 0 saturated heterocycles. The average molecular weight is 1300 g/mol. The standard InChI is InChI=1S/C69H134O17P2/c1-8-10-11-12-13-19-29-36-43-50-66(71)79-56-64(86-69(74)53-46-39-32-25-18-21-27-34-41-48-61(5)6)58-83-87(75,76)81-54-63(70)55-82-88(77,78)84-59-65(57-80-67(72)51-44-37-30-23-16-14-20-26-33-40-47-60(3)4)85-68(73)52-45-38-31-24-17-15-22-28-35-42-49-62(7)9-2/h60-65,70H,8-59H2,1-7H3,(H,75,76)(H,77,78)/t62?,63-,64+,65+/m0/s1. The van der Waals surface area contributed by atoms with E-state index in [1.165, 1.54) is 154 Å². The van der Waals surface area contributed by atoms with Crippen LogP contribution in [-0.2, 0) is 65.4 Å². The van der Waals surface area contributed by atoms with Crippen molar-refractivity contribution in [2.75, 3.05) is 39.6 Å². The summed E-state index contributed by atoms with van der Waals surface area (Å²) in [4.78, 5) is 72.5. The van der Waals surface area contributed by atoms with Crippen molar-refractivity contribution >= 4 is 39.5 Å². The molecule has 88 heavy (non-hydrogen) atoms. The van der Waals surface area contributed by atoms with Crippen LogP contribution in [0.15, 0.2) is 0 Å². The summed E-state index contributed by atoms with van der Waals surface area (Å²) in [6.45, 7) is 11.8. The second kappa shape index (κ2) is 60.0. The lowest BCUT2D eigenvalue weighted by Gasteiger charge is -2.21. The molecular formula is C69H134O17P2. The first-order valence-corrected chi connectivity index (χ1v) is 38.9. The highest BCUT2D eigenvalue weighted by atomic mass is 31.2. The second-order valence-corrected chi connectivity index (χ2v) is 29.0. The molecule has 6 atom stereocenters. The summed E-state index contributed by atoms with van der Waals surface area (Å²) in [5, 5.41) is 10.6. The fraction of sp³-hybridized carbons (Fsp3) is 0.942. The Kier molecular flexibility index (Phi) is 58.7. The van der Waals surface area contributed by atoms with Gasteiger partial charge in [-0.25, -0.2) is 9.13 Å². The molecular weight excluding hydrogens is 1160 g/mol. The van der Waals surface area contributed by atoms with Crippen molar-refractivity contribution in [1.29, 1.82) is 0 Å². The summed E-state index contributed by atoms with van der Waals surface area (Å²) in [5.74, 6) is 0.169. The van der Waals surface area contributed by atoms with Crippen molar-refractivity contribution in [2.45, 2.75) is 362 Å². The number of hydrogen-bond donors (Lipinski definition) is 3. The number of rotatable bonds is 67. The van der Waals surface area contributed by atoms with Gasteiger partial charge in [0, 0.05) is 25.7 Å². The number of ether oxygens (including phenoxy) is 4. The molecule has 0 rings (SSSR count). The van der Waals surface area contributed by atoms with Gasteiger partial charge < -0.3 is 33.8 Å². The zero-order chi connectivity index (χ0) is 65.2. The van der Waals surface area contributed by atoms with Gasteiger partial charge >= 0.3 is 39.5 Å². The summed E-state index contributed by atoms with van der Waals surface area (Å²) in [6.07, 6.45) is 42.9. The normalized spacial score (nSPS) is 14.5. The van der Waals surface area contributed by atoms with E-state index in [0.29, 0.717) is 25.7 Å². The summed E-state index contributed by atoms with van der Waals surface area (Å²) in [6, 6.07) is 0. The van der Waals surface area contributed by atoms with Crippen molar-refractivity contribution in [3.63, 3.8) is 0 Å². The van der Waals surface area contributed by atoms with E-state index in [1.807, 2.05) is 0 Å². The molecule has 0 fully saturated rings. The van der Waals surface area contributed by atoms with Crippen molar-refractivity contribution in [2.24, 2.45) is 17.8 Å². The highest BCUT2D eigenvalue weighted by Crippen LogP contribution is 2.45. The number of phosphoric ester groups is 2. The third-order valence-corrected chi connectivity index (χ3v) is 18.1. The Bertz CT molecular complexity index is 1730. The van der Waals surface area contributed by atoms with Gasteiger partial charge in [0.05, 0.1) is 26.4 Å². The van der Waals surface area contributed by atoms with E-state index >= 15 is 0 Å². The zero-order valence-corrected chi connectivity index (χ0v) is 59.0. The van der Waals surface area contributed by atoms with Crippen LogP contribution in [0, 0.1) is 17.8 Å². The molecule has 0 aliphatic heterocycles. The first-order chi connectivity index (χ1) is 42.3. The van der Waals surface area contributed by atoms with Gasteiger partial charge in [-0.1, -0.05) is 292 Å². The number of esters is 4. The number of phosphoric acid groups is 2. The van der Waals surface area contributed by atoms with E-state index in [1.54, 1.807) is 0 Å². The van der Waals surface area contributed by atoms with E-state index in [2.05, 4.69) is 48.5 Å². The van der Waals surface area contributed by atoms with Gasteiger partial charge in [-0.3, -0.25) is 37.3 Å². The van der Waals surface area contributed by atoms with Gasteiger partial charge in [0.25, 0.3) is 0 Å². The zero-order valence-electron chi connectivity index (χ0n) is 57.2. The highest BCUT2D eigenvalue weighted by molar-refractivity contribution is 7.47. The van der Waals surface area contributed by atoms with Crippen LogP contribution in [0.3, 0.4) is 0 Å². The van der Waals surface area contributed by atoms with Crippen LogP contribution in [-0.4, -0.2) is 96.7 Å². The molecule has 0 saturated carbocycles. The Morgan fingerprint density at radius 3 is 0.864 bits per heavy atom. The molecule has 0 aromatic rings. The molecule has 0 aliphatic carbocycles. The van der Waals surface area contributed by atoms with Crippen LogP contribution in [0.1, 0.15) is 344 Å². The van der Waals surface area contributed by atoms with E-state index in [9.17, 15) is 43.2 Å². The third-order valence-electron chi connectivity index (χ3n) is 16.2. The maximum Gasteiger partial charge on any atom is 0.472 e. The van der Waals surface area contributed by atoms with E-state index in [0.717, 1.165) is 108 Å². The maximum absolute atomic E-state index is 13.0. The second-order valence-electron chi connectivity index (χ2n) is 26.1. The molecule has 0 spiro atoms. The minimum Gasteiger partial charge on any atom is -0.462 e. The van der Waals surface area contributed by atoms with E-state index < -0.39 is 97.5 Å². The Labute approximate surface area is 537 Å². The molecule has 3 N–H and O–H groups in total. The summed E-state index contributed by atoms with van der Waals surface area (Å²) >= 11 is 0. The molecule has 0 heterocycles. The largest absolute Gasteiger partial charge is 0.472 e. The van der Waals surface area contributed by atoms with Crippen LogP contribution in [0.5, 0.6) is 0 Å². The van der Waals surface area contributed by atoms with Crippen LogP contribution >= 0.6 is 15.6 Å². The van der Waals surface area contributed by atoms with Crippen LogP contribution < -0.4 is 0 Å². The van der Waals surface area contributed by atoms with Gasteiger partial charge in [-0.2, -0.15) is 0 Å². The highest BCUT2D eigenvalue weighted by Gasteiger charge is 2.30. The Hall–Kier alpha value is -1.94. The molecule has 0 aromatic carbocycles. The Balaban J connectivity index is 5.26. The molecule has 19 heteroatoms. The van der Waals surface area contributed by atoms with Gasteiger partial charge in [0.15, 0.2) is 12.2 Å². The van der Waals surface area contributed by atoms with Gasteiger partial charge in [0.1, 0.15) is 19.3 Å². The van der Waals surface area contributed by atoms with Crippen LogP contribution in [0.4, 0.5) is 0 Å². The van der Waals surface area contributed by atoms with Gasteiger partial charge in [-0.15, -0.1) is 0 Å². The van der Waals surface area contributed by atoms with E-state index in [-0.39, 0.29) is 25.7 Å². The van der Waals surface area contributed by atoms with Crippen LogP contribution in [0.25, 0.3) is 0 Å². The summed E-state index contributed by atoms with van der Waals surface area (Å²) in [7, 11) is -9.90. The van der Waals surface area contributed by atoms with Crippen molar-refractivity contribution in [3.8, 4) is 0 Å². The first kappa shape index (κ1) is 86.1. The molecule has 0 aliphatic rings. The number of carbonyl (C=O) groups is 4. The monoisotopic (exact) mass is 1300 g/mol. The number of aliphatic hydroxyl groups excluding tert-OH is 1. The maximum atomic E-state index is 13.0. The smallest absolute Gasteiger partial charge is 0.462 e. The lowest BCUT2D eigenvalue weighted by molar-refractivity contribution is -0.161.